The van der Waals surface area contributed by atoms with Crippen LogP contribution in [0.15, 0.2) is 53.4 Å². The third-order valence-corrected chi connectivity index (χ3v) is 7.25. The fourth-order valence-electron chi connectivity index (χ4n) is 3.30. The summed E-state index contributed by atoms with van der Waals surface area (Å²) in [5.74, 6) is -0.00734. The van der Waals surface area contributed by atoms with Crippen LogP contribution >= 0.6 is 11.6 Å². The number of halogens is 1. The van der Waals surface area contributed by atoms with Gasteiger partial charge in [0.05, 0.1) is 7.11 Å². The highest BCUT2D eigenvalue weighted by molar-refractivity contribution is 7.89. The molecular formula is C22H25ClN2O4S. The van der Waals surface area contributed by atoms with Crippen LogP contribution in [0.5, 0.6) is 5.75 Å². The van der Waals surface area contributed by atoms with Gasteiger partial charge >= 0.3 is 0 Å². The van der Waals surface area contributed by atoms with Gasteiger partial charge in [0.25, 0.3) is 0 Å². The maximum atomic E-state index is 13.1. The number of methoxy groups -OCH3 is 1. The number of sulfonamides is 1. The maximum absolute atomic E-state index is 13.1. The summed E-state index contributed by atoms with van der Waals surface area (Å²) in [5, 5.41) is 3.36. The molecule has 1 saturated heterocycles. The molecule has 8 heteroatoms. The molecule has 0 spiro atoms. The molecule has 0 radical (unpaired) electrons. The number of rotatable bonds is 7. The van der Waals surface area contributed by atoms with E-state index in [2.05, 4.69) is 5.32 Å². The van der Waals surface area contributed by atoms with E-state index in [1.807, 2.05) is 18.2 Å². The number of benzene rings is 2. The standard InChI is InChI=1S/C22H25ClN2O4S/c1-29-20-11-9-17(15-21(20)30(27,28)25-13-5-2-6-14-25)10-12-22(26)24-16-18-7-3-4-8-19(18)23/h3-4,7-12,15H,2,5-6,13-14,16H2,1H3,(H,24,26). The zero-order valence-corrected chi connectivity index (χ0v) is 18.4. The van der Waals surface area contributed by atoms with Gasteiger partial charge < -0.3 is 10.1 Å². The van der Waals surface area contributed by atoms with Crippen molar-refractivity contribution >= 4 is 33.6 Å². The number of nitrogens with zero attached hydrogens (tertiary/aromatic N) is 1. The van der Waals surface area contributed by atoms with Crippen LogP contribution in [0.25, 0.3) is 6.08 Å². The van der Waals surface area contributed by atoms with Crippen LogP contribution in [0, 0.1) is 0 Å². The molecule has 6 nitrogen and oxygen atoms in total. The first-order valence-electron chi connectivity index (χ1n) is 9.79. The first-order valence-corrected chi connectivity index (χ1v) is 11.6. The van der Waals surface area contributed by atoms with Crippen LogP contribution in [0.1, 0.15) is 30.4 Å². The van der Waals surface area contributed by atoms with Gasteiger partial charge in [0.2, 0.25) is 15.9 Å². The lowest BCUT2D eigenvalue weighted by Crippen LogP contribution is -2.35. The number of amides is 1. The van der Waals surface area contributed by atoms with Crippen molar-refractivity contribution < 1.29 is 17.9 Å². The Morgan fingerprint density at radius 2 is 1.90 bits per heavy atom. The predicted octanol–water partition coefficient (Wildman–Crippen LogP) is 3.85. The van der Waals surface area contributed by atoms with E-state index < -0.39 is 10.0 Å². The number of piperidine rings is 1. The highest BCUT2D eigenvalue weighted by Crippen LogP contribution is 2.30. The van der Waals surface area contributed by atoms with Gasteiger partial charge in [-0.15, -0.1) is 0 Å². The number of carbonyl (C=O) groups is 1. The fourth-order valence-corrected chi connectivity index (χ4v) is 5.21. The molecule has 160 valence electrons. The molecule has 0 bridgehead atoms. The number of nitrogens with one attached hydrogen (secondary N) is 1. The summed E-state index contributed by atoms with van der Waals surface area (Å²) in [5.41, 5.74) is 1.42. The van der Waals surface area contributed by atoms with Crippen molar-refractivity contribution in [2.75, 3.05) is 20.2 Å². The molecule has 1 aliphatic heterocycles. The second-order valence-corrected chi connectivity index (χ2v) is 9.33. The number of ether oxygens (including phenoxy) is 1. The molecule has 2 aromatic rings. The minimum Gasteiger partial charge on any atom is -0.495 e. The van der Waals surface area contributed by atoms with Gasteiger partial charge in [0.15, 0.2) is 0 Å². The first kappa shape index (κ1) is 22.3. The first-order chi connectivity index (χ1) is 14.4. The van der Waals surface area contributed by atoms with Gasteiger partial charge in [-0.1, -0.05) is 42.3 Å². The molecule has 0 atom stereocenters. The molecule has 0 aliphatic carbocycles. The van der Waals surface area contributed by atoms with Crippen molar-refractivity contribution in [3.05, 3.63) is 64.7 Å². The van der Waals surface area contributed by atoms with Gasteiger partial charge in [-0.25, -0.2) is 8.42 Å². The molecule has 2 aromatic carbocycles. The number of hydrogen-bond acceptors (Lipinski definition) is 4. The molecule has 1 amide bonds. The third kappa shape index (κ3) is 5.41. The molecule has 0 aromatic heterocycles. The topological polar surface area (TPSA) is 75.7 Å². The number of carbonyl (C=O) groups excluding carboxylic acids is 1. The molecular weight excluding hydrogens is 424 g/mol. The Labute approximate surface area is 182 Å². The zero-order chi connectivity index (χ0) is 21.6. The van der Waals surface area contributed by atoms with Crippen molar-refractivity contribution in [2.45, 2.75) is 30.7 Å². The second kappa shape index (κ2) is 10.1. The van der Waals surface area contributed by atoms with Gasteiger partial charge in [0.1, 0.15) is 10.6 Å². The lowest BCUT2D eigenvalue weighted by atomic mass is 10.2. The van der Waals surface area contributed by atoms with Gasteiger partial charge in [0, 0.05) is 30.7 Å². The van der Waals surface area contributed by atoms with Crippen LogP contribution in [0.4, 0.5) is 0 Å². The van der Waals surface area contributed by atoms with Crippen molar-refractivity contribution in [2.24, 2.45) is 0 Å². The quantitative estimate of drug-likeness (QED) is 0.653. The summed E-state index contributed by atoms with van der Waals surface area (Å²) in [6.07, 6.45) is 5.70. The van der Waals surface area contributed by atoms with E-state index in [0.29, 0.717) is 36.0 Å². The summed E-state index contributed by atoms with van der Waals surface area (Å²) < 4.78 is 32.9. The van der Waals surface area contributed by atoms with E-state index >= 15 is 0 Å². The SMILES string of the molecule is COc1ccc(C=CC(=O)NCc2ccccc2Cl)cc1S(=O)(=O)N1CCCCC1. The Morgan fingerprint density at radius 1 is 1.17 bits per heavy atom. The lowest BCUT2D eigenvalue weighted by Gasteiger charge is -2.26. The normalized spacial score (nSPS) is 15.3. The van der Waals surface area contributed by atoms with E-state index in [4.69, 9.17) is 16.3 Å². The Kier molecular flexibility index (Phi) is 7.53. The zero-order valence-electron chi connectivity index (χ0n) is 16.8. The highest BCUT2D eigenvalue weighted by Gasteiger charge is 2.28. The summed E-state index contributed by atoms with van der Waals surface area (Å²) in [4.78, 5) is 12.3. The Hall–Kier alpha value is -2.35. The highest BCUT2D eigenvalue weighted by atomic mass is 35.5. The minimum atomic E-state index is -3.66. The lowest BCUT2D eigenvalue weighted by molar-refractivity contribution is -0.116. The molecule has 0 unspecified atom stereocenters. The predicted molar refractivity (Wildman–Crippen MR) is 118 cm³/mol. The van der Waals surface area contributed by atoms with Crippen LogP contribution in [0.3, 0.4) is 0 Å². The summed E-state index contributed by atoms with van der Waals surface area (Å²) >= 11 is 6.09. The van der Waals surface area contributed by atoms with Crippen LogP contribution in [-0.2, 0) is 21.4 Å². The summed E-state index contributed by atoms with van der Waals surface area (Å²) in [7, 11) is -2.21. The van der Waals surface area contributed by atoms with Crippen molar-refractivity contribution in [1.29, 1.82) is 0 Å². The van der Waals surface area contributed by atoms with E-state index in [9.17, 15) is 13.2 Å². The van der Waals surface area contributed by atoms with Crippen molar-refractivity contribution in [3.63, 3.8) is 0 Å². The fraction of sp³-hybridized carbons (Fsp3) is 0.318. The van der Waals surface area contributed by atoms with Crippen LogP contribution in [0.2, 0.25) is 5.02 Å². The summed E-state index contributed by atoms with van der Waals surface area (Å²) in [6.45, 7) is 1.33. The van der Waals surface area contributed by atoms with Crippen molar-refractivity contribution in [1.82, 2.24) is 9.62 Å². The van der Waals surface area contributed by atoms with Gasteiger partial charge in [-0.3, -0.25) is 4.79 Å². The Bertz CT molecular complexity index is 1030. The van der Waals surface area contributed by atoms with E-state index in [1.165, 1.54) is 17.5 Å². The smallest absolute Gasteiger partial charge is 0.246 e. The molecule has 0 saturated carbocycles. The monoisotopic (exact) mass is 448 g/mol. The van der Waals surface area contributed by atoms with Gasteiger partial charge in [-0.05, 0) is 48.2 Å². The molecule has 1 N–H and O–H groups in total. The van der Waals surface area contributed by atoms with Crippen LogP contribution < -0.4 is 10.1 Å². The number of hydrogen-bond donors (Lipinski definition) is 1. The third-order valence-electron chi connectivity index (χ3n) is 4.96. The molecule has 1 aliphatic rings. The van der Waals surface area contributed by atoms with E-state index in [-0.39, 0.29) is 10.8 Å². The average Bonchev–Trinajstić information content (AvgIpc) is 2.77. The van der Waals surface area contributed by atoms with Gasteiger partial charge in [-0.2, -0.15) is 4.31 Å². The molecule has 3 rings (SSSR count). The van der Waals surface area contributed by atoms with Crippen LogP contribution in [-0.4, -0.2) is 38.8 Å². The largest absolute Gasteiger partial charge is 0.495 e. The Morgan fingerprint density at radius 3 is 2.60 bits per heavy atom. The average molecular weight is 449 g/mol. The maximum Gasteiger partial charge on any atom is 0.246 e. The second-order valence-electron chi connectivity index (χ2n) is 7.02. The van der Waals surface area contributed by atoms with Crippen molar-refractivity contribution in [3.8, 4) is 5.75 Å². The van der Waals surface area contributed by atoms with E-state index in [1.54, 1.807) is 30.3 Å². The molecule has 1 fully saturated rings. The molecule has 30 heavy (non-hydrogen) atoms. The summed E-state index contributed by atoms with van der Waals surface area (Å²) in [6, 6.07) is 12.1. The Balaban J connectivity index is 1.74. The molecule has 1 heterocycles. The minimum absolute atomic E-state index is 0.116. The van der Waals surface area contributed by atoms with E-state index in [0.717, 1.165) is 24.8 Å².